The SMILES string of the molecule is O=C(OC12OP(=O)(O)OP(=O)(O1)O2)[C@H](O)[C@@H](O)[C@H](O)[C@H](O)COP(=O)(O)O. The molecule has 2 bridgehead atoms. The second-order valence-electron chi connectivity index (χ2n) is 4.97. The fraction of sp³-hybridized carbons (Fsp3) is 0.857. The predicted octanol–water partition coefficient (Wildman–Crippen LogP) is -3.00. The summed E-state index contributed by atoms with van der Waals surface area (Å²) in [6, 6.07) is 0. The normalized spacial score (nSPS) is 37.6. The third-order valence-corrected chi connectivity index (χ3v) is 6.29. The topological polar surface area (TPSA) is 265 Å². The molecule has 3 saturated heterocycles. The molecule has 27 heavy (non-hydrogen) atoms. The summed E-state index contributed by atoms with van der Waals surface area (Å²) >= 11 is 0. The highest BCUT2D eigenvalue weighted by molar-refractivity contribution is 7.63. The van der Waals surface area contributed by atoms with Crippen molar-refractivity contribution >= 4 is 29.4 Å². The molecule has 0 saturated carbocycles. The summed E-state index contributed by atoms with van der Waals surface area (Å²) in [5.41, 5.74) is 0. The van der Waals surface area contributed by atoms with E-state index in [-0.39, 0.29) is 0 Å². The van der Waals surface area contributed by atoms with Gasteiger partial charge in [0.2, 0.25) is 0 Å². The first-order chi connectivity index (χ1) is 12.1. The van der Waals surface area contributed by atoms with Crippen molar-refractivity contribution in [3.8, 4) is 0 Å². The highest BCUT2D eigenvalue weighted by Crippen LogP contribution is 2.80. The Kier molecular flexibility index (Phi) is 6.38. The molecular weight excluding hydrogens is 449 g/mol. The fourth-order valence-electron chi connectivity index (χ4n) is 1.70. The van der Waals surface area contributed by atoms with Gasteiger partial charge < -0.3 is 39.8 Å². The van der Waals surface area contributed by atoms with Crippen LogP contribution in [0.1, 0.15) is 0 Å². The zero-order valence-corrected chi connectivity index (χ0v) is 15.3. The number of aliphatic hydroxyl groups excluding tert-OH is 4. The van der Waals surface area contributed by atoms with Gasteiger partial charge in [0.1, 0.15) is 18.3 Å². The van der Waals surface area contributed by atoms with E-state index in [0.717, 1.165) is 0 Å². The van der Waals surface area contributed by atoms with Crippen LogP contribution in [0.4, 0.5) is 0 Å². The Hall–Kier alpha value is -0.320. The molecule has 0 amide bonds. The molecule has 3 heterocycles. The molecule has 3 aliphatic rings. The van der Waals surface area contributed by atoms with Crippen LogP contribution in [0.25, 0.3) is 0 Å². The average Bonchev–Trinajstić information content (AvgIpc) is 2.45. The lowest BCUT2D eigenvalue weighted by atomic mass is 10.0. The van der Waals surface area contributed by atoms with Crippen LogP contribution < -0.4 is 0 Å². The Morgan fingerprint density at radius 1 is 1.07 bits per heavy atom. The molecule has 0 aromatic heterocycles. The monoisotopic (exact) mass is 462 g/mol. The standard InChI is InChI=1S/C7H13O17P3/c8-2(1-19-25(13,14)15)3(9)4(10)5(11)6(12)20-7-21-26(16,17)24-27(18,22-7)23-7/h2-5,8-11H,1H2,(H,16,17)(H2,13,14,15)/t2-,3-,4+,5-,7?,27?/m1/s1. The molecule has 1 unspecified atom stereocenters. The number of aliphatic hydroxyl groups is 4. The van der Waals surface area contributed by atoms with Crippen LogP contribution in [0.15, 0.2) is 0 Å². The molecular formula is C7H13O17P3. The molecule has 0 spiro atoms. The van der Waals surface area contributed by atoms with Gasteiger partial charge in [0.15, 0.2) is 6.10 Å². The van der Waals surface area contributed by atoms with E-state index in [9.17, 15) is 38.9 Å². The number of ether oxygens (including phenoxy) is 1. The van der Waals surface area contributed by atoms with E-state index in [1.54, 1.807) is 0 Å². The second-order valence-corrected chi connectivity index (χ2v) is 9.24. The van der Waals surface area contributed by atoms with Gasteiger partial charge in [0.05, 0.1) is 6.61 Å². The van der Waals surface area contributed by atoms with Gasteiger partial charge in [0.25, 0.3) is 0 Å². The van der Waals surface area contributed by atoms with Crippen molar-refractivity contribution < 1.29 is 80.7 Å². The summed E-state index contributed by atoms with van der Waals surface area (Å²) < 4.78 is 57.8. The molecule has 158 valence electrons. The molecule has 3 rings (SSSR count). The summed E-state index contributed by atoms with van der Waals surface area (Å²) in [5, 5.41) is 38.2. The third kappa shape index (κ3) is 5.61. The maximum Gasteiger partial charge on any atom is 0.498 e. The van der Waals surface area contributed by atoms with Gasteiger partial charge in [-0.15, -0.1) is 0 Å². The highest BCUT2D eigenvalue weighted by Gasteiger charge is 2.73. The van der Waals surface area contributed by atoms with E-state index in [0.29, 0.717) is 0 Å². The summed E-state index contributed by atoms with van der Waals surface area (Å²) in [6.07, 6.45) is -12.9. The van der Waals surface area contributed by atoms with Crippen LogP contribution in [0, 0.1) is 0 Å². The van der Waals surface area contributed by atoms with Crippen LogP contribution in [-0.4, -0.2) is 78.3 Å². The molecule has 3 fully saturated rings. The second kappa shape index (κ2) is 7.50. The molecule has 20 heteroatoms. The van der Waals surface area contributed by atoms with E-state index in [4.69, 9.17) is 14.7 Å². The minimum absolute atomic E-state index is 1.20. The van der Waals surface area contributed by atoms with Crippen molar-refractivity contribution in [2.75, 3.05) is 6.61 Å². The van der Waals surface area contributed by atoms with Crippen molar-refractivity contribution in [1.29, 1.82) is 0 Å². The number of carbonyl (C=O) groups is 1. The predicted molar refractivity (Wildman–Crippen MR) is 72.6 cm³/mol. The number of phosphoric ester groups is 3. The van der Waals surface area contributed by atoms with E-state index in [1.807, 2.05) is 0 Å². The third-order valence-electron chi connectivity index (χ3n) is 2.83. The van der Waals surface area contributed by atoms with Crippen LogP contribution in [0.2, 0.25) is 0 Å². The number of carbonyl (C=O) groups excluding carboxylic acids is 1. The number of hydrogen-bond donors (Lipinski definition) is 7. The molecule has 3 aliphatic heterocycles. The lowest BCUT2D eigenvalue weighted by molar-refractivity contribution is -0.458. The van der Waals surface area contributed by atoms with Crippen molar-refractivity contribution in [3.05, 3.63) is 0 Å². The molecule has 5 atom stereocenters. The first kappa shape index (κ1) is 23.0. The van der Waals surface area contributed by atoms with E-state index in [2.05, 4.69) is 27.1 Å². The molecule has 0 aromatic carbocycles. The molecule has 0 radical (unpaired) electrons. The summed E-state index contributed by atoms with van der Waals surface area (Å²) in [6.45, 7) is -1.20. The van der Waals surface area contributed by atoms with Gasteiger partial charge in [-0.2, -0.15) is 17.9 Å². The minimum Gasteiger partial charge on any atom is -0.388 e. The molecule has 17 nitrogen and oxygen atoms in total. The average molecular weight is 462 g/mol. The van der Waals surface area contributed by atoms with Crippen LogP contribution in [0.5, 0.6) is 0 Å². The van der Waals surface area contributed by atoms with Gasteiger partial charge in [-0.1, -0.05) is 0 Å². The van der Waals surface area contributed by atoms with Gasteiger partial charge in [-0.05, 0) is 0 Å². The minimum atomic E-state index is -5.02. The lowest BCUT2D eigenvalue weighted by Crippen LogP contribution is -2.55. The van der Waals surface area contributed by atoms with Crippen molar-refractivity contribution in [1.82, 2.24) is 0 Å². The Morgan fingerprint density at radius 3 is 2.11 bits per heavy atom. The van der Waals surface area contributed by atoms with Gasteiger partial charge >= 0.3 is 35.6 Å². The van der Waals surface area contributed by atoms with Crippen LogP contribution >= 0.6 is 23.5 Å². The zero-order chi connectivity index (χ0) is 20.8. The van der Waals surface area contributed by atoms with Crippen molar-refractivity contribution in [2.45, 2.75) is 30.6 Å². The fourth-order valence-corrected chi connectivity index (χ4v) is 4.68. The smallest absolute Gasteiger partial charge is 0.388 e. The van der Waals surface area contributed by atoms with Gasteiger partial charge in [0, 0.05) is 0 Å². The quantitative estimate of drug-likeness (QED) is 0.140. The lowest BCUT2D eigenvalue weighted by Gasteiger charge is -2.45. The van der Waals surface area contributed by atoms with E-state index in [1.165, 1.54) is 0 Å². The van der Waals surface area contributed by atoms with Gasteiger partial charge in [-0.3, -0.25) is 4.52 Å². The number of rotatable bonds is 8. The number of hydrogen-bond acceptors (Lipinski definition) is 14. The first-order valence-corrected chi connectivity index (χ1v) is 11.0. The Bertz CT molecular complexity index is 712. The molecule has 0 aromatic rings. The maximum atomic E-state index is 11.7. The van der Waals surface area contributed by atoms with Crippen molar-refractivity contribution in [2.24, 2.45) is 0 Å². The number of phosphoric acid groups is 3. The molecule has 7 N–H and O–H groups in total. The zero-order valence-electron chi connectivity index (χ0n) is 12.6. The first-order valence-electron chi connectivity index (χ1n) is 6.49. The maximum absolute atomic E-state index is 11.7. The highest BCUT2D eigenvalue weighted by atomic mass is 31.3. The number of esters is 1. The summed E-state index contributed by atoms with van der Waals surface area (Å²) in [7, 11) is -14.6. The summed E-state index contributed by atoms with van der Waals surface area (Å²) in [5.74, 6) is -1.90. The number of fused-ring (bicyclic) bond motifs is 2. The van der Waals surface area contributed by atoms with Crippen molar-refractivity contribution in [3.63, 3.8) is 0 Å². The Labute approximate surface area is 148 Å². The van der Waals surface area contributed by atoms with Crippen LogP contribution in [-0.2, 0) is 45.6 Å². The Morgan fingerprint density at radius 2 is 1.63 bits per heavy atom. The Balaban J connectivity index is 1.95. The van der Waals surface area contributed by atoms with E-state index >= 15 is 0 Å². The van der Waals surface area contributed by atoms with Crippen LogP contribution in [0.3, 0.4) is 0 Å². The summed E-state index contributed by atoms with van der Waals surface area (Å²) in [4.78, 5) is 37.7. The largest absolute Gasteiger partial charge is 0.498 e. The van der Waals surface area contributed by atoms with Gasteiger partial charge in [-0.25, -0.2) is 18.5 Å². The van der Waals surface area contributed by atoms with E-state index < -0.39 is 66.6 Å². The molecule has 0 aliphatic carbocycles.